The summed E-state index contributed by atoms with van der Waals surface area (Å²) in [4.78, 5) is 39.5. The van der Waals surface area contributed by atoms with Crippen LogP contribution in [0.2, 0.25) is 10.0 Å². The number of amides is 4. The van der Waals surface area contributed by atoms with E-state index in [1.54, 1.807) is 36.4 Å². The summed E-state index contributed by atoms with van der Waals surface area (Å²) in [5, 5.41) is 3.08. The van der Waals surface area contributed by atoms with E-state index in [2.05, 4.69) is 27.9 Å². The van der Waals surface area contributed by atoms with Crippen molar-refractivity contribution in [1.29, 1.82) is 0 Å². The van der Waals surface area contributed by atoms with Gasteiger partial charge in [0.05, 0.1) is 25.9 Å². The Morgan fingerprint density at radius 3 is 2.56 bits per heavy atom. The first-order valence-electron chi connectivity index (χ1n) is 11.6. The van der Waals surface area contributed by atoms with Gasteiger partial charge in [-0.3, -0.25) is 14.9 Å². The van der Waals surface area contributed by atoms with E-state index in [0.717, 1.165) is 10.5 Å². The molecule has 1 saturated heterocycles. The zero-order valence-electron chi connectivity index (χ0n) is 20.3. The molecule has 0 unspecified atom stereocenters. The van der Waals surface area contributed by atoms with Gasteiger partial charge in [-0.2, -0.15) is 0 Å². The van der Waals surface area contributed by atoms with Gasteiger partial charge in [0, 0.05) is 6.07 Å². The van der Waals surface area contributed by atoms with E-state index in [1.807, 2.05) is 6.92 Å². The van der Waals surface area contributed by atoms with E-state index in [4.69, 9.17) is 42.1 Å². The van der Waals surface area contributed by atoms with Crippen LogP contribution in [0.15, 0.2) is 54.1 Å². The maximum Gasteiger partial charge on any atom is 0.335 e. The van der Waals surface area contributed by atoms with Gasteiger partial charge in [0.15, 0.2) is 23.0 Å². The maximum absolute atomic E-state index is 13.4. The molecular formula is C27H19Cl2IN2O7. The average molecular weight is 681 g/mol. The number of anilines is 1. The summed E-state index contributed by atoms with van der Waals surface area (Å²) in [6.45, 7) is 2.43. The molecule has 5 rings (SSSR count). The molecule has 0 saturated carbocycles. The van der Waals surface area contributed by atoms with Crippen molar-refractivity contribution in [2.24, 2.45) is 0 Å². The first kappa shape index (κ1) is 27.1. The molecule has 2 heterocycles. The number of benzene rings is 3. The van der Waals surface area contributed by atoms with Crippen LogP contribution in [-0.4, -0.2) is 31.2 Å². The second-order valence-corrected chi connectivity index (χ2v) is 10.3. The molecule has 0 atom stereocenters. The van der Waals surface area contributed by atoms with Gasteiger partial charge in [0.25, 0.3) is 11.8 Å². The fraction of sp³-hybridized carbons (Fsp3) is 0.148. The van der Waals surface area contributed by atoms with Gasteiger partial charge in [0.1, 0.15) is 12.2 Å². The molecule has 0 aromatic heterocycles. The highest BCUT2D eigenvalue weighted by Gasteiger charge is 2.37. The topological polar surface area (TPSA) is 103 Å². The van der Waals surface area contributed by atoms with E-state index in [-0.39, 0.29) is 24.7 Å². The van der Waals surface area contributed by atoms with Crippen molar-refractivity contribution in [3.63, 3.8) is 0 Å². The normalized spacial score (nSPS) is 15.5. The van der Waals surface area contributed by atoms with Crippen LogP contribution in [0.25, 0.3) is 6.08 Å². The zero-order valence-corrected chi connectivity index (χ0v) is 23.9. The summed E-state index contributed by atoms with van der Waals surface area (Å²) in [5.41, 5.74) is 1.32. The Labute approximate surface area is 246 Å². The number of halogens is 3. The highest BCUT2D eigenvalue weighted by atomic mass is 127. The van der Waals surface area contributed by atoms with Crippen LogP contribution in [0, 0.1) is 3.57 Å². The Hall–Kier alpha value is -3.48. The third kappa shape index (κ3) is 5.63. The quantitative estimate of drug-likeness (QED) is 0.186. The summed E-state index contributed by atoms with van der Waals surface area (Å²) < 4.78 is 23.2. The van der Waals surface area contributed by atoms with Gasteiger partial charge in [0.2, 0.25) is 6.79 Å². The maximum atomic E-state index is 13.4. The third-order valence-electron chi connectivity index (χ3n) is 5.73. The molecule has 9 nitrogen and oxygen atoms in total. The van der Waals surface area contributed by atoms with Gasteiger partial charge in [-0.15, -0.1) is 0 Å². The Bertz CT molecular complexity index is 1540. The Morgan fingerprint density at radius 1 is 1.00 bits per heavy atom. The van der Waals surface area contributed by atoms with E-state index in [9.17, 15) is 14.4 Å². The average Bonchev–Trinajstić information content (AvgIpc) is 3.36. The molecule has 1 fully saturated rings. The number of rotatable bonds is 7. The number of urea groups is 1. The summed E-state index contributed by atoms with van der Waals surface area (Å²) in [6, 6.07) is 12.4. The number of nitrogens with one attached hydrogen (secondary N) is 1. The lowest BCUT2D eigenvalue weighted by molar-refractivity contribution is -0.122. The first-order valence-corrected chi connectivity index (χ1v) is 13.4. The lowest BCUT2D eigenvalue weighted by atomic mass is 10.1. The molecule has 3 aromatic rings. The first-order chi connectivity index (χ1) is 18.7. The SMILES string of the molecule is CCOc1cc(/C=C2\C(=O)NC(=O)N(c3ccc4c(c3)OCO4)C2=O)cc(I)c1OCc1ccc(Cl)c(Cl)c1. The summed E-state index contributed by atoms with van der Waals surface area (Å²) >= 11 is 14.2. The Kier molecular flexibility index (Phi) is 7.87. The van der Waals surface area contributed by atoms with E-state index in [1.165, 1.54) is 18.2 Å². The van der Waals surface area contributed by atoms with Crippen molar-refractivity contribution in [1.82, 2.24) is 5.32 Å². The van der Waals surface area contributed by atoms with Crippen LogP contribution in [0.5, 0.6) is 23.0 Å². The predicted octanol–water partition coefficient (Wildman–Crippen LogP) is 5.97. The van der Waals surface area contributed by atoms with Crippen molar-refractivity contribution in [2.45, 2.75) is 13.5 Å². The number of nitrogens with zero attached hydrogens (tertiary/aromatic N) is 1. The summed E-state index contributed by atoms with van der Waals surface area (Å²) in [7, 11) is 0. The molecular weight excluding hydrogens is 662 g/mol. The van der Waals surface area contributed by atoms with Gasteiger partial charge in [-0.25, -0.2) is 9.69 Å². The molecule has 4 amide bonds. The third-order valence-corrected chi connectivity index (χ3v) is 7.27. The zero-order chi connectivity index (χ0) is 27.7. The molecule has 0 bridgehead atoms. The van der Waals surface area contributed by atoms with Crippen LogP contribution >= 0.6 is 45.8 Å². The minimum Gasteiger partial charge on any atom is -0.490 e. The number of carbonyl (C=O) groups is 3. The standard InChI is InChI=1S/C27H19Cl2IN2O7/c1-2-36-23-10-15(9-20(30)24(23)37-12-14-3-5-18(28)19(29)8-14)7-17-25(33)31-27(35)32(26(17)34)16-4-6-21-22(11-16)39-13-38-21/h3-11H,2,12-13H2,1H3,(H,31,33,35)/b17-7+. The Morgan fingerprint density at radius 2 is 1.79 bits per heavy atom. The summed E-state index contributed by atoms with van der Waals surface area (Å²) in [6.07, 6.45) is 1.40. The number of carbonyl (C=O) groups excluding carboxylic acids is 3. The van der Waals surface area contributed by atoms with Gasteiger partial charge in [-0.05, 0) is 83.1 Å². The van der Waals surface area contributed by atoms with Gasteiger partial charge < -0.3 is 18.9 Å². The van der Waals surface area contributed by atoms with E-state index >= 15 is 0 Å². The minimum atomic E-state index is -0.864. The van der Waals surface area contributed by atoms with Crippen LogP contribution in [0.3, 0.4) is 0 Å². The molecule has 0 aliphatic carbocycles. The molecule has 39 heavy (non-hydrogen) atoms. The lowest BCUT2D eigenvalue weighted by Crippen LogP contribution is -2.54. The second-order valence-electron chi connectivity index (χ2n) is 8.30. The molecule has 2 aliphatic heterocycles. The highest BCUT2D eigenvalue weighted by Crippen LogP contribution is 2.38. The molecule has 2 aliphatic rings. The van der Waals surface area contributed by atoms with Crippen LogP contribution in [-0.2, 0) is 16.2 Å². The predicted molar refractivity (Wildman–Crippen MR) is 153 cm³/mol. The van der Waals surface area contributed by atoms with Crippen molar-refractivity contribution in [3.05, 3.63) is 78.8 Å². The number of fused-ring (bicyclic) bond motifs is 1. The largest absolute Gasteiger partial charge is 0.490 e. The van der Waals surface area contributed by atoms with Crippen LogP contribution in [0.1, 0.15) is 18.1 Å². The second kappa shape index (κ2) is 11.3. The smallest absolute Gasteiger partial charge is 0.335 e. The monoisotopic (exact) mass is 680 g/mol. The van der Waals surface area contributed by atoms with E-state index < -0.39 is 17.8 Å². The fourth-order valence-corrected chi connectivity index (χ4v) is 5.04. The fourth-order valence-electron chi connectivity index (χ4n) is 3.94. The number of barbiturate groups is 1. The number of ether oxygens (including phenoxy) is 4. The number of imide groups is 2. The van der Waals surface area contributed by atoms with Crippen molar-refractivity contribution in [3.8, 4) is 23.0 Å². The van der Waals surface area contributed by atoms with Crippen molar-refractivity contribution in [2.75, 3.05) is 18.3 Å². The number of hydrogen-bond donors (Lipinski definition) is 1. The van der Waals surface area contributed by atoms with E-state index in [0.29, 0.717) is 48.8 Å². The highest BCUT2D eigenvalue weighted by molar-refractivity contribution is 14.1. The van der Waals surface area contributed by atoms with Crippen LogP contribution in [0.4, 0.5) is 10.5 Å². The molecule has 1 N–H and O–H groups in total. The van der Waals surface area contributed by atoms with Crippen molar-refractivity contribution >= 4 is 75.4 Å². The number of hydrogen-bond acceptors (Lipinski definition) is 7. The molecule has 0 spiro atoms. The van der Waals surface area contributed by atoms with Gasteiger partial charge >= 0.3 is 6.03 Å². The minimum absolute atomic E-state index is 0.0382. The molecule has 3 aromatic carbocycles. The van der Waals surface area contributed by atoms with Gasteiger partial charge in [-0.1, -0.05) is 29.3 Å². The molecule has 0 radical (unpaired) electrons. The lowest BCUT2D eigenvalue weighted by Gasteiger charge is -2.26. The molecule has 200 valence electrons. The summed E-state index contributed by atoms with van der Waals surface area (Å²) in [5.74, 6) is 0.203. The molecule has 12 heteroatoms. The van der Waals surface area contributed by atoms with Crippen LogP contribution < -0.4 is 29.2 Å². The van der Waals surface area contributed by atoms with Crippen molar-refractivity contribution < 1.29 is 33.3 Å². The Balaban J connectivity index is 1.44.